The molecule has 81 heavy (non-hydrogen) atoms. The van der Waals surface area contributed by atoms with Crippen molar-refractivity contribution < 1.29 is 24.2 Å². The molecule has 0 aliphatic rings. The summed E-state index contributed by atoms with van der Waals surface area (Å²) in [6, 6.07) is 0. The topological polar surface area (TPSA) is 72.8 Å². The molecule has 1 N–H and O–H groups in total. The molecular formula is C76H140O5. The minimum atomic E-state index is -0.776. The molecule has 0 radical (unpaired) electrons. The molecule has 0 fully saturated rings. The molecule has 5 heteroatoms. The van der Waals surface area contributed by atoms with E-state index >= 15 is 0 Å². The van der Waals surface area contributed by atoms with E-state index in [-0.39, 0.29) is 25.2 Å². The van der Waals surface area contributed by atoms with Crippen molar-refractivity contribution in [1.82, 2.24) is 0 Å². The van der Waals surface area contributed by atoms with Crippen LogP contribution >= 0.6 is 0 Å². The van der Waals surface area contributed by atoms with Crippen molar-refractivity contribution in [2.75, 3.05) is 13.2 Å². The first-order chi connectivity index (χ1) is 40.1. The number of aliphatic hydroxyl groups is 1. The largest absolute Gasteiger partial charge is 0.462 e. The van der Waals surface area contributed by atoms with E-state index in [2.05, 4.69) is 74.6 Å². The Morgan fingerprint density at radius 1 is 0.296 bits per heavy atom. The molecule has 0 spiro atoms. The second kappa shape index (κ2) is 71.9. The molecule has 474 valence electrons. The number of esters is 2. The maximum absolute atomic E-state index is 12.4. The Bertz CT molecular complexity index is 1380. The third-order valence-corrected chi connectivity index (χ3v) is 16.6. The maximum Gasteiger partial charge on any atom is 0.306 e. The molecule has 0 rings (SSSR count). The highest BCUT2D eigenvalue weighted by Crippen LogP contribution is 2.19. The molecular weight excluding hydrogens is 993 g/mol. The second-order valence-electron chi connectivity index (χ2n) is 24.7. The summed E-state index contributed by atoms with van der Waals surface area (Å²) >= 11 is 0. The Morgan fingerprint density at radius 2 is 0.531 bits per heavy atom. The summed E-state index contributed by atoms with van der Waals surface area (Å²) in [5, 5.41) is 9.70. The Balaban J connectivity index is 3.38. The maximum atomic E-state index is 12.4. The van der Waals surface area contributed by atoms with Crippen LogP contribution in [0.25, 0.3) is 0 Å². The van der Waals surface area contributed by atoms with E-state index in [0.717, 1.165) is 70.6 Å². The highest BCUT2D eigenvalue weighted by Gasteiger charge is 2.16. The second-order valence-corrected chi connectivity index (χ2v) is 24.7. The van der Waals surface area contributed by atoms with Crippen LogP contribution in [-0.4, -0.2) is 36.4 Å². The minimum absolute atomic E-state index is 0.0644. The third-order valence-electron chi connectivity index (χ3n) is 16.6. The number of unbranched alkanes of at least 4 members (excludes halogenated alkanes) is 50. The number of allylic oxidation sites excluding steroid dienone is 10. The lowest BCUT2D eigenvalue weighted by Gasteiger charge is -2.15. The third kappa shape index (κ3) is 70.0. The summed E-state index contributed by atoms with van der Waals surface area (Å²) in [5.41, 5.74) is 0. The van der Waals surface area contributed by atoms with Gasteiger partial charge in [0.2, 0.25) is 0 Å². The summed E-state index contributed by atoms with van der Waals surface area (Å²) < 4.78 is 10.8. The molecule has 5 nitrogen and oxygen atoms in total. The molecule has 0 aromatic heterocycles. The van der Waals surface area contributed by atoms with E-state index in [4.69, 9.17) is 9.47 Å². The van der Waals surface area contributed by atoms with Crippen molar-refractivity contribution >= 4 is 11.9 Å². The smallest absolute Gasteiger partial charge is 0.306 e. The zero-order valence-corrected chi connectivity index (χ0v) is 54.6. The average molecular weight is 1130 g/mol. The van der Waals surface area contributed by atoms with Crippen molar-refractivity contribution in [2.24, 2.45) is 0 Å². The molecule has 0 aliphatic carbocycles. The highest BCUT2D eigenvalue weighted by molar-refractivity contribution is 5.70. The average Bonchev–Trinajstić information content (AvgIpc) is 3.47. The molecule has 0 aliphatic heterocycles. The van der Waals surface area contributed by atoms with Gasteiger partial charge in [-0.25, -0.2) is 0 Å². The van der Waals surface area contributed by atoms with Crippen molar-refractivity contribution in [3.63, 3.8) is 0 Å². The molecule has 0 heterocycles. The van der Waals surface area contributed by atoms with Crippen LogP contribution in [0.2, 0.25) is 0 Å². The number of aliphatic hydroxyl groups excluding tert-OH is 1. The van der Waals surface area contributed by atoms with Gasteiger partial charge in [-0.15, -0.1) is 0 Å². The van der Waals surface area contributed by atoms with Crippen LogP contribution in [0, 0.1) is 0 Å². The van der Waals surface area contributed by atoms with Gasteiger partial charge in [0, 0.05) is 12.8 Å². The van der Waals surface area contributed by atoms with Gasteiger partial charge in [0.15, 0.2) is 6.10 Å². The lowest BCUT2D eigenvalue weighted by Crippen LogP contribution is -2.28. The zero-order chi connectivity index (χ0) is 58.4. The van der Waals surface area contributed by atoms with Gasteiger partial charge in [-0.3, -0.25) is 9.59 Å². The minimum Gasteiger partial charge on any atom is -0.462 e. The first kappa shape index (κ1) is 78.6. The number of hydrogen-bond donors (Lipinski definition) is 1. The Morgan fingerprint density at radius 3 is 0.802 bits per heavy atom. The molecule has 0 bridgehead atoms. The Labute approximate surface area is 506 Å². The van der Waals surface area contributed by atoms with Gasteiger partial charge in [-0.1, -0.05) is 383 Å². The molecule has 1 atom stereocenters. The predicted octanol–water partition coefficient (Wildman–Crippen LogP) is 25.3. The predicted molar refractivity (Wildman–Crippen MR) is 357 cm³/mol. The van der Waals surface area contributed by atoms with Crippen molar-refractivity contribution in [1.29, 1.82) is 0 Å². The summed E-state index contributed by atoms with van der Waals surface area (Å²) in [6.07, 6.45) is 98.5. The van der Waals surface area contributed by atoms with Crippen LogP contribution in [0.3, 0.4) is 0 Å². The van der Waals surface area contributed by atoms with E-state index < -0.39 is 6.10 Å². The lowest BCUT2D eigenvalue weighted by molar-refractivity contribution is -0.161. The Kier molecular flexibility index (Phi) is 69.7. The first-order valence-electron chi connectivity index (χ1n) is 36.3. The molecule has 0 saturated heterocycles. The zero-order valence-electron chi connectivity index (χ0n) is 54.6. The van der Waals surface area contributed by atoms with Gasteiger partial charge >= 0.3 is 11.9 Å². The molecule has 1 unspecified atom stereocenters. The molecule has 0 aromatic carbocycles. The van der Waals surface area contributed by atoms with Crippen LogP contribution in [0.4, 0.5) is 0 Å². The van der Waals surface area contributed by atoms with Gasteiger partial charge in [0.25, 0.3) is 0 Å². The van der Waals surface area contributed by atoms with Gasteiger partial charge in [0.05, 0.1) is 6.61 Å². The monoisotopic (exact) mass is 1130 g/mol. The number of carbonyl (C=O) groups is 2. The van der Waals surface area contributed by atoms with Gasteiger partial charge < -0.3 is 14.6 Å². The Hall–Kier alpha value is -2.40. The van der Waals surface area contributed by atoms with E-state index in [0.29, 0.717) is 12.8 Å². The molecule has 0 saturated carbocycles. The summed E-state index contributed by atoms with van der Waals surface area (Å²) in [6.45, 7) is 4.08. The van der Waals surface area contributed by atoms with Crippen LogP contribution in [-0.2, 0) is 19.1 Å². The fourth-order valence-electron chi connectivity index (χ4n) is 11.2. The number of ether oxygens (including phenoxy) is 2. The molecule has 0 aromatic rings. The lowest BCUT2D eigenvalue weighted by atomic mass is 10.0. The number of carbonyl (C=O) groups excluding carboxylic acids is 2. The van der Waals surface area contributed by atoms with E-state index in [1.54, 1.807) is 0 Å². The van der Waals surface area contributed by atoms with E-state index in [9.17, 15) is 14.7 Å². The van der Waals surface area contributed by atoms with Crippen LogP contribution in [0.1, 0.15) is 393 Å². The molecule has 0 amide bonds. The number of rotatable bonds is 68. The van der Waals surface area contributed by atoms with Gasteiger partial charge in [0.1, 0.15) is 6.61 Å². The van der Waals surface area contributed by atoms with Gasteiger partial charge in [-0.2, -0.15) is 0 Å². The van der Waals surface area contributed by atoms with Crippen molar-refractivity contribution in [3.05, 3.63) is 60.8 Å². The van der Waals surface area contributed by atoms with Crippen LogP contribution in [0.15, 0.2) is 60.8 Å². The quantitative estimate of drug-likeness (QED) is 0.0373. The fourth-order valence-corrected chi connectivity index (χ4v) is 11.2. The first-order valence-corrected chi connectivity index (χ1v) is 36.3. The summed E-state index contributed by atoms with van der Waals surface area (Å²) in [5.74, 6) is -0.577. The number of hydrogen-bond acceptors (Lipinski definition) is 5. The standard InChI is InChI=1S/C76H140O5/c1-3-5-7-9-11-13-15-17-19-21-23-25-27-29-31-32-33-34-35-36-37-38-39-40-41-42-43-45-46-48-50-52-54-56-58-60-62-64-66-68-70-75(78)80-73-74(72-77)81-76(79)71-69-67-65-63-61-59-57-55-53-51-49-47-44-30-28-26-24-22-20-18-16-14-12-10-8-6-4-2/h6,8,12,14,18,20,24,26,30,44,74,77H,3-5,7,9-11,13,15-17,19,21-23,25,27-29,31-43,45-73H2,1-2H3/b8-6-,14-12-,20-18-,26-24-,44-30-. The van der Waals surface area contributed by atoms with Gasteiger partial charge in [-0.05, 0) is 57.8 Å². The van der Waals surface area contributed by atoms with E-state index in [1.165, 1.54) is 295 Å². The normalized spacial score (nSPS) is 12.5. The van der Waals surface area contributed by atoms with Crippen LogP contribution in [0.5, 0.6) is 0 Å². The fraction of sp³-hybridized carbons (Fsp3) is 0.842. The summed E-state index contributed by atoms with van der Waals surface area (Å²) in [7, 11) is 0. The van der Waals surface area contributed by atoms with Crippen LogP contribution < -0.4 is 0 Å². The van der Waals surface area contributed by atoms with Crippen molar-refractivity contribution in [3.8, 4) is 0 Å². The SMILES string of the molecule is CC/C=C\C/C=C\C/C=C\C/C=C\C/C=C\CCCCCCCCCCCCCC(=O)OC(CO)COC(=O)CCCCCCCCCCCCCCCCCCCCCCCCCCCCCCCCCCCCCCCCCC. The highest BCUT2D eigenvalue weighted by atomic mass is 16.6. The summed E-state index contributed by atoms with van der Waals surface area (Å²) in [4.78, 5) is 24.7. The van der Waals surface area contributed by atoms with Crippen molar-refractivity contribution in [2.45, 2.75) is 399 Å². The van der Waals surface area contributed by atoms with E-state index in [1.807, 2.05) is 0 Å².